The van der Waals surface area contributed by atoms with Gasteiger partial charge in [0.25, 0.3) is 5.91 Å². The third-order valence-electron chi connectivity index (χ3n) is 4.66. The Morgan fingerprint density at radius 1 is 1.21 bits per heavy atom. The number of amides is 2. The normalized spacial score (nSPS) is 17.3. The van der Waals surface area contributed by atoms with Gasteiger partial charge >= 0.3 is 6.18 Å². The number of carbonyl (C=O) groups excluding carboxylic acids is 2. The second-order valence-electron chi connectivity index (χ2n) is 6.56. The van der Waals surface area contributed by atoms with Crippen LogP contribution in [-0.4, -0.2) is 49.2 Å². The average Bonchev–Trinajstić information content (AvgIpc) is 3.26. The molecule has 4 rings (SSSR count). The highest BCUT2D eigenvalue weighted by Crippen LogP contribution is 2.30. The van der Waals surface area contributed by atoms with Gasteiger partial charge in [0.05, 0.1) is 18.3 Å². The summed E-state index contributed by atoms with van der Waals surface area (Å²) in [5.74, 6) is -0.499. The van der Waals surface area contributed by atoms with E-state index >= 15 is 0 Å². The number of fused-ring (bicyclic) bond motifs is 1. The molecule has 0 saturated carbocycles. The number of nitrogens with one attached hydrogen (secondary N) is 2. The second kappa shape index (κ2) is 7.15. The van der Waals surface area contributed by atoms with Gasteiger partial charge in [0, 0.05) is 6.54 Å². The van der Waals surface area contributed by atoms with E-state index < -0.39 is 29.6 Å². The van der Waals surface area contributed by atoms with Crippen LogP contribution in [0.25, 0.3) is 11.2 Å². The number of anilines is 1. The van der Waals surface area contributed by atoms with Crippen LogP contribution in [0.2, 0.25) is 0 Å². The molecule has 0 bridgehead atoms. The number of hydrogen-bond acceptors (Lipinski definition) is 6. The van der Waals surface area contributed by atoms with Crippen LogP contribution in [0.4, 0.5) is 19.0 Å². The number of nitrogens with zero attached hydrogens (tertiary/aromatic N) is 4. The molecule has 2 N–H and O–H groups in total. The zero-order chi connectivity index (χ0) is 20.6. The van der Waals surface area contributed by atoms with E-state index in [1.807, 2.05) is 0 Å². The second-order valence-corrected chi connectivity index (χ2v) is 6.56. The zero-order valence-electron chi connectivity index (χ0n) is 14.9. The lowest BCUT2D eigenvalue weighted by molar-refractivity contribution is -0.139. The monoisotopic (exact) mass is 404 g/mol. The summed E-state index contributed by atoms with van der Waals surface area (Å²) in [6.07, 6.45) is -1.65. The van der Waals surface area contributed by atoms with Crippen LogP contribution in [0.15, 0.2) is 36.9 Å². The lowest BCUT2D eigenvalue weighted by Crippen LogP contribution is -2.36. The van der Waals surface area contributed by atoms with Crippen molar-refractivity contribution in [3.8, 4) is 0 Å². The molecule has 1 atom stereocenters. The summed E-state index contributed by atoms with van der Waals surface area (Å²) in [6, 6.07) is 4.03. The minimum atomic E-state index is -4.44. The number of aromatic amines is 1. The Hall–Kier alpha value is -3.50. The Balaban J connectivity index is 1.44. The Morgan fingerprint density at radius 3 is 2.83 bits per heavy atom. The highest BCUT2D eigenvalue weighted by molar-refractivity contribution is 6.07. The van der Waals surface area contributed by atoms with Crippen molar-refractivity contribution in [2.75, 3.05) is 11.9 Å². The number of likely N-dealkylation sites (tertiary alicyclic amines) is 1. The highest BCUT2D eigenvalue weighted by Gasteiger charge is 2.39. The van der Waals surface area contributed by atoms with Gasteiger partial charge in [-0.05, 0) is 18.1 Å². The zero-order valence-corrected chi connectivity index (χ0v) is 14.9. The van der Waals surface area contributed by atoms with Gasteiger partial charge in [-0.2, -0.15) is 13.2 Å². The molecule has 1 aromatic carbocycles. The number of aromatic nitrogens is 4. The van der Waals surface area contributed by atoms with Crippen molar-refractivity contribution in [1.29, 1.82) is 0 Å². The molecule has 150 valence electrons. The molecule has 0 radical (unpaired) electrons. The molecule has 0 spiro atoms. The number of hydrogen-bond donors (Lipinski definition) is 2. The quantitative estimate of drug-likeness (QED) is 0.632. The van der Waals surface area contributed by atoms with Gasteiger partial charge in [-0.1, -0.05) is 18.2 Å². The fourth-order valence-corrected chi connectivity index (χ4v) is 3.21. The molecule has 29 heavy (non-hydrogen) atoms. The Kier molecular flexibility index (Phi) is 4.65. The third-order valence-corrected chi connectivity index (χ3v) is 4.66. The van der Waals surface area contributed by atoms with Crippen LogP contribution >= 0.6 is 0 Å². The van der Waals surface area contributed by atoms with Crippen molar-refractivity contribution in [3.63, 3.8) is 0 Å². The van der Waals surface area contributed by atoms with Gasteiger partial charge in [-0.3, -0.25) is 14.5 Å². The molecule has 1 saturated heterocycles. The van der Waals surface area contributed by atoms with Crippen LogP contribution in [-0.2, 0) is 22.2 Å². The summed E-state index contributed by atoms with van der Waals surface area (Å²) >= 11 is 0. The lowest BCUT2D eigenvalue weighted by atomic mass is 10.1. The van der Waals surface area contributed by atoms with Gasteiger partial charge in [0.2, 0.25) is 5.91 Å². The van der Waals surface area contributed by atoms with E-state index in [0.717, 1.165) is 17.0 Å². The first-order valence-electron chi connectivity index (χ1n) is 8.74. The van der Waals surface area contributed by atoms with Crippen LogP contribution in [0.3, 0.4) is 0 Å². The maximum absolute atomic E-state index is 12.8. The van der Waals surface area contributed by atoms with Crippen molar-refractivity contribution >= 4 is 28.8 Å². The topological polar surface area (TPSA) is 104 Å². The number of carbonyl (C=O) groups is 2. The number of alkyl halides is 3. The smallest absolute Gasteiger partial charge is 0.356 e. The average molecular weight is 404 g/mol. The molecule has 3 heterocycles. The maximum atomic E-state index is 12.8. The maximum Gasteiger partial charge on any atom is 0.416 e. The molecular weight excluding hydrogens is 389 g/mol. The molecule has 3 aromatic rings. The predicted molar refractivity (Wildman–Crippen MR) is 95.6 cm³/mol. The summed E-state index contributed by atoms with van der Waals surface area (Å²) < 4.78 is 38.5. The molecule has 1 unspecified atom stereocenters. The van der Waals surface area contributed by atoms with E-state index in [-0.39, 0.29) is 19.4 Å². The minimum absolute atomic E-state index is 0.000396. The Morgan fingerprint density at radius 2 is 2.03 bits per heavy atom. The van der Waals surface area contributed by atoms with Gasteiger partial charge in [-0.25, -0.2) is 15.0 Å². The van der Waals surface area contributed by atoms with E-state index in [9.17, 15) is 22.8 Å². The van der Waals surface area contributed by atoms with Crippen molar-refractivity contribution in [3.05, 3.63) is 48.0 Å². The molecule has 2 aromatic heterocycles. The molecular formula is C18H15F3N6O2. The Bertz CT molecular complexity index is 1080. The summed E-state index contributed by atoms with van der Waals surface area (Å²) in [4.78, 5) is 40.9. The molecule has 8 nitrogen and oxygen atoms in total. The van der Waals surface area contributed by atoms with Crippen molar-refractivity contribution in [2.45, 2.75) is 25.1 Å². The predicted octanol–water partition coefficient (Wildman–Crippen LogP) is 2.15. The first kappa shape index (κ1) is 18.8. The number of H-pyrrole nitrogens is 1. The van der Waals surface area contributed by atoms with Gasteiger partial charge < -0.3 is 10.3 Å². The van der Waals surface area contributed by atoms with Crippen LogP contribution < -0.4 is 5.32 Å². The van der Waals surface area contributed by atoms with Crippen LogP contribution in [0.5, 0.6) is 0 Å². The van der Waals surface area contributed by atoms with Crippen molar-refractivity contribution in [2.24, 2.45) is 0 Å². The van der Waals surface area contributed by atoms with E-state index in [1.54, 1.807) is 0 Å². The molecule has 1 aliphatic heterocycles. The highest BCUT2D eigenvalue weighted by atomic mass is 19.4. The van der Waals surface area contributed by atoms with Crippen molar-refractivity contribution in [1.82, 2.24) is 24.8 Å². The van der Waals surface area contributed by atoms with E-state index in [2.05, 4.69) is 25.3 Å². The molecule has 2 amide bonds. The minimum Gasteiger partial charge on any atom is -0.356 e. The SMILES string of the molecule is O=C1CC(Nc2ncnc3nc[nH]c23)C(=O)N1CCc1cccc(C(F)(F)F)c1. The fraction of sp³-hybridized carbons (Fsp3) is 0.278. The summed E-state index contributed by atoms with van der Waals surface area (Å²) in [6.45, 7) is 0.000396. The fourth-order valence-electron chi connectivity index (χ4n) is 3.21. The molecule has 0 aliphatic carbocycles. The van der Waals surface area contributed by atoms with Crippen LogP contribution in [0.1, 0.15) is 17.5 Å². The van der Waals surface area contributed by atoms with E-state index in [0.29, 0.717) is 22.5 Å². The molecule has 1 aliphatic rings. The number of imide groups is 1. The summed E-state index contributed by atoms with van der Waals surface area (Å²) in [5, 5.41) is 2.92. The van der Waals surface area contributed by atoms with Gasteiger partial charge in [0.1, 0.15) is 17.9 Å². The van der Waals surface area contributed by atoms with Crippen LogP contribution in [0, 0.1) is 0 Å². The molecule has 1 fully saturated rings. The number of halogens is 3. The lowest BCUT2D eigenvalue weighted by Gasteiger charge is -2.16. The first-order chi connectivity index (χ1) is 13.8. The van der Waals surface area contributed by atoms with Crippen molar-refractivity contribution < 1.29 is 22.8 Å². The van der Waals surface area contributed by atoms with E-state index in [4.69, 9.17) is 0 Å². The van der Waals surface area contributed by atoms with Gasteiger partial charge in [-0.15, -0.1) is 0 Å². The number of rotatable bonds is 5. The van der Waals surface area contributed by atoms with E-state index in [1.165, 1.54) is 24.8 Å². The molecule has 11 heteroatoms. The summed E-state index contributed by atoms with van der Waals surface area (Å²) in [7, 11) is 0. The van der Waals surface area contributed by atoms with Gasteiger partial charge in [0.15, 0.2) is 11.5 Å². The Labute approximate surface area is 162 Å². The standard InChI is InChI=1S/C18H15F3N6O2/c19-18(20,21)11-3-1-2-10(6-11)4-5-27-13(28)7-12(17(27)29)26-16-14-15(23-8-22-14)24-9-25-16/h1-3,6,8-9,12H,4-5,7H2,(H2,22,23,24,25,26). The summed E-state index contributed by atoms with van der Waals surface area (Å²) in [5.41, 5.74) is 0.559. The third kappa shape index (κ3) is 3.75. The number of imidazole rings is 1. The largest absolute Gasteiger partial charge is 0.416 e. The number of benzene rings is 1. The first-order valence-corrected chi connectivity index (χ1v) is 8.74.